The summed E-state index contributed by atoms with van der Waals surface area (Å²) in [6.07, 6.45) is 1.99. The van der Waals surface area contributed by atoms with Gasteiger partial charge in [0, 0.05) is 18.1 Å². The fourth-order valence-electron chi connectivity index (χ4n) is 4.33. The number of hydrogen-bond donors (Lipinski definition) is 0. The zero-order chi connectivity index (χ0) is 19.2. The van der Waals surface area contributed by atoms with Gasteiger partial charge in [-0.25, -0.2) is 0 Å². The molecule has 2 aliphatic rings. The highest BCUT2D eigenvalue weighted by atomic mass is 16.5. The minimum atomic E-state index is -0.619. The highest BCUT2D eigenvalue weighted by Crippen LogP contribution is 2.53. The van der Waals surface area contributed by atoms with E-state index in [1.54, 1.807) is 0 Å². The van der Waals surface area contributed by atoms with E-state index in [1.807, 2.05) is 38.3 Å². The van der Waals surface area contributed by atoms with Crippen LogP contribution in [0, 0.1) is 0 Å². The molecule has 0 saturated heterocycles. The van der Waals surface area contributed by atoms with Crippen molar-refractivity contribution in [3.05, 3.63) is 66.2 Å². The molecule has 1 unspecified atom stereocenters. The fraction of sp³-hybridized carbons (Fsp3) is 0.292. The standard InChI is InChI=1S/C22H20N2O.C2H6/c1-21(2)17-10-6-7-11-18(17)24(3)22(21)14-23-20-16-9-5-4-8-15(16)12-13-19(20)25-22;1-2/h4-14H,1-3H3;1-2H3. The monoisotopic (exact) mass is 358 g/mol. The molecule has 2 aliphatic heterocycles. The van der Waals surface area contributed by atoms with Crippen molar-refractivity contribution in [2.45, 2.75) is 38.8 Å². The summed E-state index contributed by atoms with van der Waals surface area (Å²) in [6, 6.07) is 21.0. The number of nitrogens with zero attached hydrogens (tertiary/aromatic N) is 2. The largest absolute Gasteiger partial charge is 0.459 e. The summed E-state index contributed by atoms with van der Waals surface area (Å²) < 4.78 is 6.68. The van der Waals surface area contributed by atoms with Crippen molar-refractivity contribution in [2.24, 2.45) is 4.99 Å². The Morgan fingerprint density at radius 2 is 1.59 bits per heavy atom. The first-order chi connectivity index (χ1) is 13.0. The fourth-order valence-corrected chi connectivity index (χ4v) is 4.33. The summed E-state index contributed by atoms with van der Waals surface area (Å²) in [6.45, 7) is 8.46. The van der Waals surface area contributed by atoms with Crippen LogP contribution in [0.5, 0.6) is 5.75 Å². The van der Waals surface area contributed by atoms with Crippen molar-refractivity contribution in [2.75, 3.05) is 11.9 Å². The molecule has 1 spiro atoms. The van der Waals surface area contributed by atoms with E-state index in [0.29, 0.717) is 0 Å². The quantitative estimate of drug-likeness (QED) is 0.486. The Morgan fingerprint density at radius 1 is 0.889 bits per heavy atom. The van der Waals surface area contributed by atoms with Gasteiger partial charge >= 0.3 is 0 Å². The first-order valence-electron chi connectivity index (χ1n) is 9.64. The number of hydrogen-bond acceptors (Lipinski definition) is 3. The number of fused-ring (bicyclic) bond motifs is 4. The normalized spacial score (nSPS) is 21.3. The van der Waals surface area contributed by atoms with Crippen LogP contribution in [0.4, 0.5) is 11.4 Å². The van der Waals surface area contributed by atoms with Crippen molar-refractivity contribution in [3.8, 4) is 5.75 Å². The van der Waals surface area contributed by atoms with E-state index in [1.165, 1.54) is 16.6 Å². The molecular formula is C24H26N2O. The van der Waals surface area contributed by atoms with Gasteiger partial charge in [-0.1, -0.05) is 62.4 Å². The van der Waals surface area contributed by atoms with E-state index < -0.39 is 5.72 Å². The number of para-hydroxylation sites is 1. The van der Waals surface area contributed by atoms with Gasteiger partial charge in [-0.3, -0.25) is 4.99 Å². The van der Waals surface area contributed by atoms with Gasteiger partial charge in [0.15, 0.2) is 0 Å². The highest BCUT2D eigenvalue weighted by Gasteiger charge is 2.58. The molecule has 0 fully saturated rings. The Balaban J connectivity index is 0.000000872. The molecule has 5 rings (SSSR count). The third-order valence-electron chi connectivity index (χ3n) is 5.83. The summed E-state index contributed by atoms with van der Waals surface area (Å²) >= 11 is 0. The van der Waals surface area contributed by atoms with E-state index in [0.717, 1.165) is 16.8 Å². The molecule has 138 valence electrons. The first-order valence-corrected chi connectivity index (χ1v) is 9.64. The van der Waals surface area contributed by atoms with Crippen LogP contribution in [0.3, 0.4) is 0 Å². The molecule has 0 aromatic heterocycles. The molecule has 3 aromatic rings. The third-order valence-corrected chi connectivity index (χ3v) is 5.83. The van der Waals surface area contributed by atoms with Crippen molar-refractivity contribution in [3.63, 3.8) is 0 Å². The van der Waals surface area contributed by atoms with Gasteiger partial charge in [-0.15, -0.1) is 0 Å². The molecule has 3 heteroatoms. The number of likely N-dealkylation sites (N-methyl/N-ethyl adjacent to an activating group) is 1. The zero-order valence-corrected chi connectivity index (χ0v) is 16.7. The Labute approximate surface area is 161 Å². The van der Waals surface area contributed by atoms with Gasteiger partial charge in [0.1, 0.15) is 11.4 Å². The first kappa shape index (κ1) is 17.6. The van der Waals surface area contributed by atoms with Crippen LogP contribution in [-0.2, 0) is 5.41 Å². The van der Waals surface area contributed by atoms with Gasteiger partial charge < -0.3 is 9.64 Å². The van der Waals surface area contributed by atoms with Gasteiger partial charge in [0.05, 0.1) is 11.6 Å². The summed E-state index contributed by atoms with van der Waals surface area (Å²) in [4.78, 5) is 7.11. The highest BCUT2D eigenvalue weighted by molar-refractivity contribution is 5.99. The number of benzene rings is 3. The van der Waals surface area contributed by atoms with Crippen molar-refractivity contribution in [1.82, 2.24) is 0 Å². The lowest BCUT2D eigenvalue weighted by molar-refractivity contribution is 0.0826. The topological polar surface area (TPSA) is 24.8 Å². The summed E-state index contributed by atoms with van der Waals surface area (Å²) in [5, 5.41) is 2.31. The Bertz CT molecular complexity index is 1040. The van der Waals surface area contributed by atoms with Crippen molar-refractivity contribution < 1.29 is 4.74 Å². The molecule has 3 aromatic carbocycles. The second-order valence-corrected chi connectivity index (χ2v) is 7.39. The lowest BCUT2D eigenvalue weighted by Gasteiger charge is -2.45. The molecule has 0 bridgehead atoms. The SMILES string of the molecule is CC.CN1c2ccccc2C(C)(C)C12C=Nc1c(ccc3ccccc13)O2. The van der Waals surface area contributed by atoms with E-state index in [-0.39, 0.29) is 5.41 Å². The number of rotatable bonds is 0. The van der Waals surface area contributed by atoms with E-state index in [9.17, 15) is 0 Å². The maximum absolute atomic E-state index is 6.68. The Morgan fingerprint density at radius 3 is 2.37 bits per heavy atom. The summed E-state index contributed by atoms with van der Waals surface area (Å²) in [5.74, 6) is 0.842. The molecule has 0 aliphatic carbocycles. The molecule has 0 amide bonds. The Kier molecular flexibility index (Phi) is 3.99. The number of ether oxygens (including phenoxy) is 1. The second kappa shape index (κ2) is 6.12. The molecular weight excluding hydrogens is 332 g/mol. The third kappa shape index (κ3) is 2.24. The minimum Gasteiger partial charge on any atom is -0.459 e. The van der Waals surface area contributed by atoms with Crippen LogP contribution in [0.25, 0.3) is 10.8 Å². The summed E-state index contributed by atoms with van der Waals surface area (Å²) in [7, 11) is 2.09. The number of aliphatic imine (C=N–C) groups is 1. The van der Waals surface area contributed by atoms with Crippen LogP contribution in [-0.4, -0.2) is 19.0 Å². The Hall–Kier alpha value is -2.81. The van der Waals surface area contributed by atoms with Crippen LogP contribution in [0.15, 0.2) is 65.7 Å². The number of anilines is 1. The van der Waals surface area contributed by atoms with Crippen LogP contribution >= 0.6 is 0 Å². The van der Waals surface area contributed by atoms with E-state index in [2.05, 4.69) is 68.3 Å². The zero-order valence-electron chi connectivity index (χ0n) is 16.7. The molecule has 2 heterocycles. The lowest BCUT2D eigenvalue weighted by atomic mass is 9.77. The van der Waals surface area contributed by atoms with Crippen LogP contribution in [0.1, 0.15) is 33.3 Å². The molecule has 3 nitrogen and oxygen atoms in total. The molecule has 0 radical (unpaired) electrons. The predicted molar refractivity (Wildman–Crippen MR) is 115 cm³/mol. The molecule has 0 saturated carbocycles. The average molecular weight is 358 g/mol. The lowest BCUT2D eigenvalue weighted by Crippen LogP contribution is -2.61. The predicted octanol–water partition coefficient (Wildman–Crippen LogP) is 6.08. The van der Waals surface area contributed by atoms with Crippen LogP contribution < -0.4 is 9.64 Å². The summed E-state index contributed by atoms with van der Waals surface area (Å²) in [5.41, 5.74) is 2.57. The molecule has 0 N–H and O–H groups in total. The molecule has 27 heavy (non-hydrogen) atoms. The van der Waals surface area contributed by atoms with E-state index in [4.69, 9.17) is 9.73 Å². The van der Waals surface area contributed by atoms with Gasteiger partial charge in [0.25, 0.3) is 0 Å². The van der Waals surface area contributed by atoms with Crippen molar-refractivity contribution >= 4 is 28.4 Å². The van der Waals surface area contributed by atoms with Crippen LogP contribution in [0.2, 0.25) is 0 Å². The van der Waals surface area contributed by atoms with Gasteiger partial charge in [-0.2, -0.15) is 0 Å². The van der Waals surface area contributed by atoms with E-state index >= 15 is 0 Å². The minimum absolute atomic E-state index is 0.217. The van der Waals surface area contributed by atoms with Crippen molar-refractivity contribution in [1.29, 1.82) is 0 Å². The molecule has 1 atom stereocenters. The maximum atomic E-state index is 6.68. The smallest absolute Gasteiger partial charge is 0.228 e. The maximum Gasteiger partial charge on any atom is 0.228 e. The second-order valence-electron chi connectivity index (χ2n) is 7.39. The average Bonchev–Trinajstić information content (AvgIpc) is 2.88. The van der Waals surface area contributed by atoms with Gasteiger partial charge in [0.2, 0.25) is 5.72 Å². The van der Waals surface area contributed by atoms with Gasteiger partial charge in [-0.05, 0) is 36.9 Å².